The Morgan fingerprint density at radius 1 is 0.885 bits per heavy atom. The maximum Gasteiger partial charge on any atom is 0.185 e. The zero-order chi connectivity index (χ0) is 17.3. The summed E-state index contributed by atoms with van der Waals surface area (Å²) in [5.41, 5.74) is 2.27. The number of fused-ring (bicyclic) bond motifs is 3. The number of rotatable bonds is 3. The van der Waals surface area contributed by atoms with E-state index in [9.17, 15) is 0 Å². The van der Waals surface area contributed by atoms with Crippen molar-refractivity contribution in [3.63, 3.8) is 0 Å². The molecule has 5 rings (SSSR count). The van der Waals surface area contributed by atoms with Gasteiger partial charge in [-0.15, -0.1) is 15.3 Å². The minimum absolute atomic E-state index is 0.749. The molecule has 0 radical (unpaired) electrons. The molecule has 5 nitrogen and oxygen atoms in total. The molecule has 3 heterocycles. The first-order valence-electron chi connectivity index (χ1n) is 9.26. The van der Waals surface area contributed by atoms with Crippen LogP contribution in [0, 0.1) is 5.92 Å². The Morgan fingerprint density at radius 3 is 2.42 bits per heavy atom. The average Bonchev–Trinajstić information content (AvgIpc) is 3.18. The maximum atomic E-state index is 4.81. The highest BCUT2D eigenvalue weighted by Gasteiger charge is 2.23. The predicted octanol–water partition coefficient (Wildman–Crippen LogP) is 3.74. The van der Waals surface area contributed by atoms with E-state index in [1.807, 2.05) is 6.07 Å². The van der Waals surface area contributed by atoms with Crippen LogP contribution in [0.15, 0.2) is 60.9 Å². The predicted molar refractivity (Wildman–Crippen MR) is 103 cm³/mol. The second-order valence-electron chi connectivity index (χ2n) is 7.09. The summed E-state index contributed by atoms with van der Waals surface area (Å²) in [6, 6.07) is 19.2. The molecule has 2 aromatic heterocycles. The highest BCUT2D eigenvalue weighted by Crippen LogP contribution is 2.30. The molecule has 26 heavy (non-hydrogen) atoms. The van der Waals surface area contributed by atoms with E-state index < -0.39 is 0 Å². The summed E-state index contributed by atoms with van der Waals surface area (Å²) < 4.78 is 1.80. The summed E-state index contributed by atoms with van der Waals surface area (Å²) >= 11 is 0. The molecule has 1 saturated heterocycles. The molecule has 0 saturated carbocycles. The number of anilines is 1. The number of nitrogens with zero attached hydrogens (tertiary/aromatic N) is 5. The molecule has 0 atom stereocenters. The van der Waals surface area contributed by atoms with Crippen molar-refractivity contribution in [1.29, 1.82) is 0 Å². The molecule has 130 valence electrons. The Kier molecular flexibility index (Phi) is 3.77. The van der Waals surface area contributed by atoms with Gasteiger partial charge in [0.25, 0.3) is 0 Å². The minimum Gasteiger partial charge on any atom is -0.355 e. The Balaban J connectivity index is 1.41. The SMILES string of the molecule is c1ccc(CC2CCN(c3nn4cnnc4c4ccccc34)CC2)cc1. The topological polar surface area (TPSA) is 46.3 Å². The lowest BCUT2D eigenvalue weighted by Crippen LogP contribution is -2.35. The van der Waals surface area contributed by atoms with Crippen LogP contribution in [-0.4, -0.2) is 32.9 Å². The second-order valence-corrected chi connectivity index (χ2v) is 7.09. The number of hydrogen-bond acceptors (Lipinski definition) is 4. The van der Waals surface area contributed by atoms with Crippen molar-refractivity contribution in [2.45, 2.75) is 19.3 Å². The summed E-state index contributed by atoms with van der Waals surface area (Å²) in [5.74, 6) is 1.80. The lowest BCUT2D eigenvalue weighted by Gasteiger charge is -2.33. The van der Waals surface area contributed by atoms with E-state index in [4.69, 9.17) is 5.10 Å². The largest absolute Gasteiger partial charge is 0.355 e. The van der Waals surface area contributed by atoms with Crippen molar-refractivity contribution >= 4 is 22.2 Å². The van der Waals surface area contributed by atoms with E-state index in [0.29, 0.717) is 0 Å². The van der Waals surface area contributed by atoms with Crippen molar-refractivity contribution in [2.75, 3.05) is 18.0 Å². The van der Waals surface area contributed by atoms with Gasteiger partial charge in [0.05, 0.1) is 0 Å². The third-order valence-electron chi connectivity index (χ3n) is 5.42. The van der Waals surface area contributed by atoms with Crippen LogP contribution in [-0.2, 0) is 6.42 Å². The van der Waals surface area contributed by atoms with Gasteiger partial charge in [0.2, 0.25) is 0 Å². The van der Waals surface area contributed by atoms with Crippen LogP contribution in [0.5, 0.6) is 0 Å². The molecule has 0 spiro atoms. The Bertz CT molecular complexity index is 1030. The van der Waals surface area contributed by atoms with Gasteiger partial charge in [0, 0.05) is 23.9 Å². The minimum atomic E-state index is 0.749. The number of aromatic nitrogens is 4. The highest BCUT2D eigenvalue weighted by atomic mass is 15.4. The standard InChI is InChI=1S/C21H21N5/c1-2-6-16(7-3-1)14-17-10-12-25(13-11-17)21-19-9-5-4-8-18(19)20-23-22-15-26(20)24-21/h1-9,15,17H,10-14H2. The van der Waals surface area contributed by atoms with Gasteiger partial charge in [-0.3, -0.25) is 0 Å². The fourth-order valence-corrected chi connectivity index (χ4v) is 4.04. The van der Waals surface area contributed by atoms with Crippen molar-refractivity contribution in [3.05, 3.63) is 66.5 Å². The van der Waals surface area contributed by atoms with Crippen molar-refractivity contribution < 1.29 is 0 Å². The Morgan fingerprint density at radius 2 is 1.62 bits per heavy atom. The number of hydrogen-bond donors (Lipinski definition) is 0. The molecular weight excluding hydrogens is 322 g/mol. The molecule has 0 unspecified atom stereocenters. The van der Waals surface area contributed by atoms with E-state index in [0.717, 1.165) is 41.2 Å². The maximum absolute atomic E-state index is 4.81. The highest BCUT2D eigenvalue weighted by molar-refractivity contribution is 6.00. The van der Waals surface area contributed by atoms with Crippen molar-refractivity contribution in [2.24, 2.45) is 5.92 Å². The van der Waals surface area contributed by atoms with Gasteiger partial charge in [-0.1, -0.05) is 54.6 Å². The lowest BCUT2D eigenvalue weighted by molar-refractivity contribution is 0.402. The van der Waals surface area contributed by atoms with E-state index >= 15 is 0 Å². The van der Waals surface area contributed by atoms with Gasteiger partial charge in [0.1, 0.15) is 6.33 Å². The van der Waals surface area contributed by atoms with Gasteiger partial charge in [-0.2, -0.15) is 4.52 Å². The number of piperidine rings is 1. The fraction of sp³-hybridized carbons (Fsp3) is 0.286. The van der Waals surface area contributed by atoms with Crippen LogP contribution in [0.25, 0.3) is 16.4 Å². The van der Waals surface area contributed by atoms with E-state index in [1.165, 1.54) is 24.8 Å². The van der Waals surface area contributed by atoms with Gasteiger partial charge in [-0.05, 0) is 30.7 Å². The molecule has 1 aliphatic heterocycles. The normalized spacial score (nSPS) is 15.8. The number of benzene rings is 2. The smallest absolute Gasteiger partial charge is 0.185 e. The van der Waals surface area contributed by atoms with E-state index in [1.54, 1.807) is 10.8 Å². The fourth-order valence-electron chi connectivity index (χ4n) is 4.04. The zero-order valence-corrected chi connectivity index (χ0v) is 14.6. The van der Waals surface area contributed by atoms with Crippen LogP contribution in [0.3, 0.4) is 0 Å². The molecular formula is C21H21N5. The molecule has 2 aromatic carbocycles. The zero-order valence-electron chi connectivity index (χ0n) is 14.6. The molecule has 0 amide bonds. The van der Waals surface area contributed by atoms with E-state index in [-0.39, 0.29) is 0 Å². The summed E-state index contributed by atoms with van der Waals surface area (Å²) in [4.78, 5) is 2.42. The molecule has 0 N–H and O–H groups in total. The molecule has 5 heteroatoms. The molecule has 0 aliphatic carbocycles. The quantitative estimate of drug-likeness (QED) is 0.568. The van der Waals surface area contributed by atoms with Crippen molar-refractivity contribution in [3.8, 4) is 0 Å². The first-order chi connectivity index (χ1) is 12.9. The summed E-state index contributed by atoms with van der Waals surface area (Å²) in [6.07, 6.45) is 5.26. The average molecular weight is 343 g/mol. The lowest BCUT2D eigenvalue weighted by atomic mass is 9.90. The van der Waals surface area contributed by atoms with Crippen LogP contribution < -0.4 is 4.90 Å². The van der Waals surface area contributed by atoms with Crippen molar-refractivity contribution in [1.82, 2.24) is 19.8 Å². The van der Waals surface area contributed by atoms with Crippen LogP contribution in [0.1, 0.15) is 18.4 Å². The third kappa shape index (κ3) is 2.69. The first-order valence-corrected chi connectivity index (χ1v) is 9.26. The Labute approximate surface area is 152 Å². The van der Waals surface area contributed by atoms with Gasteiger partial charge >= 0.3 is 0 Å². The van der Waals surface area contributed by atoms with Crippen LogP contribution in [0.4, 0.5) is 5.82 Å². The first kappa shape index (κ1) is 15.3. The monoisotopic (exact) mass is 343 g/mol. The summed E-state index contributed by atoms with van der Waals surface area (Å²) in [5, 5.41) is 15.3. The second kappa shape index (κ2) is 6.41. The summed E-state index contributed by atoms with van der Waals surface area (Å²) in [6.45, 7) is 2.09. The molecule has 1 aliphatic rings. The molecule has 1 fully saturated rings. The molecule has 0 bridgehead atoms. The molecule has 4 aromatic rings. The third-order valence-corrected chi connectivity index (χ3v) is 5.42. The van der Waals surface area contributed by atoms with E-state index in [2.05, 4.69) is 63.6 Å². The van der Waals surface area contributed by atoms with Gasteiger partial charge in [-0.25, -0.2) is 0 Å². The van der Waals surface area contributed by atoms with Crippen LogP contribution in [0.2, 0.25) is 0 Å². The van der Waals surface area contributed by atoms with Gasteiger partial charge < -0.3 is 4.90 Å². The van der Waals surface area contributed by atoms with Gasteiger partial charge in [0.15, 0.2) is 11.5 Å². The van der Waals surface area contributed by atoms with Crippen LogP contribution >= 0.6 is 0 Å². The summed E-state index contributed by atoms with van der Waals surface area (Å²) in [7, 11) is 0. The Hall–Kier alpha value is -2.95.